The molecule has 0 spiro atoms. The highest BCUT2D eigenvalue weighted by Crippen LogP contribution is 2.60. The van der Waals surface area contributed by atoms with Gasteiger partial charge in [0.2, 0.25) is 11.8 Å². The van der Waals surface area contributed by atoms with E-state index in [1.807, 2.05) is 20.8 Å². The van der Waals surface area contributed by atoms with Gasteiger partial charge in [-0.1, -0.05) is 20.8 Å². The van der Waals surface area contributed by atoms with Gasteiger partial charge in [0.25, 0.3) is 0 Å². The average Bonchev–Trinajstić information content (AvgIpc) is 2.31. The summed E-state index contributed by atoms with van der Waals surface area (Å²) in [5.74, 6) is 0.101. The Hall–Kier alpha value is -0.860. The quantitative estimate of drug-likeness (QED) is 0.639. The largest absolute Gasteiger partial charge is 0.279 e. The molecular formula is C13H21NO2. The first-order valence-corrected chi connectivity index (χ1v) is 6.11. The van der Waals surface area contributed by atoms with Crippen LogP contribution in [0.3, 0.4) is 0 Å². The van der Waals surface area contributed by atoms with E-state index in [4.69, 9.17) is 0 Å². The Morgan fingerprint density at radius 1 is 1.25 bits per heavy atom. The van der Waals surface area contributed by atoms with Crippen LogP contribution in [0.15, 0.2) is 0 Å². The lowest BCUT2D eigenvalue weighted by molar-refractivity contribution is -0.170. The van der Waals surface area contributed by atoms with Crippen LogP contribution < -0.4 is 0 Å². The zero-order valence-electron chi connectivity index (χ0n) is 10.8. The summed E-state index contributed by atoms with van der Waals surface area (Å²) in [6, 6.07) is -0.0176. The summed E-state index contributed by atoms with van der Waals surface area (Å²) in [7, 11) is 0. The lowest BCUT2D eigenvalue weighted by Gasteiger charge is -2.48. The molecule has 2 fully saturated rings. The van der Waals surface area contributed by atoms with E-state index in [9.17, 15) is 9.59 Å². The molecule has 1 heterocycles. The Kier molecular flexibility index (Phi) is 2.24. The molecule has 0 aromatic rings. The fourth-order valence-electron chi connectivity index (χ4n) is 3.34. The highest BCUT2D eigenvalue weighted by atomic mass is 16.2. The van der Waals surface area contributed by atoms with Gasteiger partial charge in [0.15, 0.2) is 0 Å². The SMILES string of the molecule is CC(C)N1C(=O)C2CCC(C)(C1=O)C2(C)C. The third-order valence-electron chi connectivity index (χ3n) is 4.97. The molecule has 0 N–H and O–H groups in total. The first-order chi connectivity index (χ1) is 7.23. The van der Waals surface area contributed by atoms with E-state index >= 15 is 0 Å². The lowest BCUT2D eigenvalue weighted by atomic mass is 9.62. The fraction of sp³-hybridized carbons (Fsp3) is 0.846. The van der Waals surface area contributed by atoms with E-state index in [-0.39, 0.29) is 34.6 Å². The molecule has 90 valence electrons. The van der Waals surface area contributed by atoms with Crippen molar-refractivity contribution in [2.75, 3.05) is 0 Å². The van der Waals surface area contributed by atoms with Gasteiger partial charge in [-0.3, -0.25) is 14.5 Å². The fourth-order valence-corrected chi connectivity index (χ4v) is 3.34. The standard InChI is InChI=1S/C13H21NO2/c1-8(2)14-10(15)9-6-7-13(5,11(14)16)12(9,3)4/h8-9H,6-7H2,1-5H3. The minimum Gasteiger partial charge on any atom is -0.279 e. The van der Waals surface area contributed by atoms with Gasteiger partial charge < -0.3 is 0 Å². The van der Waals surface area contributed by atoms with Crippen LogP contribution in [0.2, 0.25) is 0 Å². The number of hydrogen-bond acceptors (Lipinski definition) is 2. The second kappa shape index (κ2) is 3.08. The zero-order chi connectivity index (χ0) is 12.3. The number of likely N-dealkylation sites (tertiary alicyclic amines) is 1. The smallest absolute Gasteiger partial charge is 0.235 e. The van der Waals surface area contributed by atoms with Crippen molar-refractivity contribution in [1.82, 2.24) is 4.90 Å². The molecule has 0 aromatic carbocycles. The number of carbonyl (C=O) groups excluding carboxylic acids is 2. The number of fused-ring (bicyclic) bond motifs is 2. The zero-order valence-corrected chi connectivity index (χ0v) is 10.8. The van der Waals surface area contributed by atoms with E-state index in [1.54, 1.807) is 0 Å². The van der Waals surface area contributed by atoms with Crippen molar-refractivity contribution in [3.8, 4) is 0 Å². The molecule has 3 heteroatoms. The van der Waals surface area contributed by atoms with Gasteiger partial charge in [-0.05, 0) is 32.1 Å². The van der Waals surface area contributed by atoms with Gasteiger partial charge in [-0.15, -0.1) is 0 Å². The molecule has 1 aliphatic heterocycles. The van der Waals surface area contributed by atoms with Gasteiger partial charge in [-0.25, -0.2) is 0 Å². The van der Waals surface area contributed by atoms with Crippen LogP contribution in [0.4, 0.5) is 0 Å². The maximum atomic E-state index is 12.5. The normalized spacial score (nSPS) is 37.4. The van der Waals surface area contributed by atoms with Gasteiger partial charge >= 0.3 is 0 Å². The third-order valence-corrected chi connectivity index (χ3v) is 4.97. The van der Waals surface area contributed by atoms with Gasteiger partial charge in [-0.2, -0.15) is 0 Å². The topological polar surface area (TPSA) is 37.4 Å². The molecule has 1 saturated carbocycles. The first-order valence-electron chi connectivity index (χ1n) is 6.11. The molecule has 2 aliphatic rings. The van der Waals surface area contributed by atoms with Crippen molar-refractivity contribution >= 4 is 11.8 Å². The van der Waals surface area contributed by atoms with Crippen LogP contribution >= 0.6 is 0 Å². The Morgan fingerprint density at radius 3 is 2.31 bits per heavy atom. The van der Waals surface area contributed by atoms with Crippen LogP contribution in [0.25, 0.3) is 0 Å². The van der Waals surface area contributed by atoms with E-state index < -0.39 is 0 Å². The summed E-state index contributed by atoms with van der Waals surface area (Å²) in [6.07, 6.45) is 1.70. The maximum absolute atomic E-state index is 12.5. The Labute approximate surface area is 97.2 Å². The van der Waals surface area contributed by atoms with Crippen molar-refractivity contribution in [1.29, 1.82) is 0 Å². The molecule has 2 bridgehead atoms. The predicted molar refractivity (Wildman–Crippen MR) is 61.6 cm³/mol. The number of imide groups is 1. The minimum atomic E-state index is -0.351. The third kappa shape index (κ3) is 1.09. The highest BCUT2D eigenvalue weighted by Gasteiger charge is 2.64. The molecular weight excluding hydrogens is 202 g/mol. The van der Waals surface area contributed by atoms with Crippen LogP contribution in [-0.4, -0.2) is 22.8 Å². The predicted octanol–water partition coefficient (Wildman–Crippen LogP) is 2.21. The minimum absolute atomic E-state index is 0.0176. The Morgan fingerprint density at radius 2 is 1.81 bits per heavy atom. The van der Waals surface area contributed by atoms with E-state index in [0.29, 0.717) is 0 Å². The van der Waals surface area contributed by atoms with Crippen molar-refractivity contribution < 1.29 is 9.59 Å². The van der Waals surface area contributed by atoms with E-state index in [2.05, 4.69) is 13.8 Å². The molecule has 2 unspecified atom stereocenters. The number of hydrogen-bond donors (Lipinski definition) is 0. The van der Waals surface area contributed by atoms with E-state index in [0.717, 1.165) is 12.8 Å². The number of nitrogens with zero attached hydrogens (tertiary/aromatic N) is 1. The Bertz CT molecular complexity index is 359. The van der Waals surface area contributed by atoms with Crippen molar-refractivity contribution in [3.05, 3.63) is 0 Å². The van der Waals surface area contributed by atoms with Gasteiger partial charge in [0.05, 0.1) is 5.41 Å². The summed E-state index contributed by atoms with van der Waals surface area (Å²) in [5, 5.41) is 0. The van der Waals surface area contributed by atoms with Crippen LogP contribution in [0, 0.1) is 16.7 Å². The number of piperidine rings is 1. The molecule has 16 heavy (non-hydrogen) atoms. The van der Waals surface area contributed by atoms with Crippen molar-refractivity contribution in [2.24, 2.45) is 16.7 Å². The summed E-state index contributed by atoms with van der Waals surface area (Å²) in [6.45, 7) is 9.99. The number of rotatable bonds is 1. The highest BCUT2D eigenvalue weighted by molar-refractivity contribution is 6.04. The monoisotopic (exact) mass is 223 g/mol. The van der Waals surface area contributed by atoms with Crippen LogP contribution in [0.1, 0.15) is 47.5 Å². The summed E-state index contributed by atoms with van der Waals surface area (Å²) < 4.78 is 0. The second-order valence-corrected chi connectivity index (χ2v) is 6.25. The van der Waals surface area contributed by atoms with Crippen LogP contribution in [0.5, 0.6) is 0 Å². The molecule has 0 aromatic heterocycles. The molecule has 3 nitrogen and oxygen atoms in total. The molecule has 1 aliphatic carbocycles. The molecule has 1 saturated heterocycles. The lowest BCUT2D eigenvalue weighted by Crippen LogP contribution is -2.60. The van der Waals surface area contributed by atoms with Gasteiger partial charge in [0, 0.05) is 12.0 Å². The average molecular weight is 223 g/mol. The summed E-state index contributed by atoms with van der Waals surface area (Å²) in [5.41, 5.74) is -0.539. The van der Waals surface area contributed by atoms with Crippen LogP contribution in [-0.2, 0) is 9.59 Å². The van der Waals surface area contributed by atoms with Crippen molar-refractivity contribution in [2.45, 2.75) is 53.5 Å². The summed E-state index contributed by atoms with van der Waals surface area (Å²) in [4.78, 5) is 26.3. The number of carbonyl (C=O) groups is 2. The van der Waals surface area contributed by atoms with E-state index in [1.165, 1.54) is 4.90 Å². The van der Waals surface area contributed by atoms with Gasteiger partial charge in [0.1, 0.15) is 0 Å². The Balaban J connectivity index is 2.51. The first kappa shape index (κ1) is 11.6. The second-order valence-electron chi connectivity index (χ2n) is 6.25. The molecule has 2 atom stereocenters. The molecule has 2 amide bonds. The van der Waals surface area contributed by atoms with Crippen molar-refractivity contribution in [3.63, 3.8) is 0 Å². The maximum Gasteiger partial charge on any atom is 0.235 e. The number of amides is 2. The summed E-state index contributed by atoms with van der Waals surface area (Å²) >= 11 is 0. The molecule has 2 rings (SSSR count). The molecule has 0 radical (unpaired) electrons.